The van der Waals surface area contributed by atoms with E-state index in [0.29, 0.717) is 12.3 Å². The van der Waals surface area contributed by atoms with Gasteiger partial charge in [0.25, 0.3) is 0 Å². The van der Waals surface area contributed by atoms with E-state index in [4.69, 9.17) is 18.0 Å². The van der Waals surface area contributed by atoms with E-state index in [0.717, 1.165) is 6.42 Å². The summed E-state index contributed by atoms with van der Waals surface area (Å²) in [6.45, 7) is 0. The molecule has 0 spiro atoms. The largest absolute Gasteiger partial charge is 2.00 e. The molecule has 0 fully saturated rings. The molecule has 8 heavy (non-hydrogen) atoms. The van der Waals surface area contributed by atoms with E-state index >= 15 is 0 Å². The predicted octanol–water partition coefficient (Wildman–Crippen LogP) is -1.78. The van der Waals surface area contributed by atoms with Gasteiger partial charge in [0.1, 0.15) is 0 Å². The van der Waals surface area contributed by atoms with Crippen molar-refractivity contribution >= 4 is 34.7 Å². The molecule has 0 saturated carbocycles. The van der Waals surface area contributed by atoms with Crippen molar-refractivity contribution in [3.05, 3.63) is 6.42 Å². The van der Waals surface area contributed by atoms with E-state index in [2.05, 4.69) is 5.92 Å². The van der Waals surface area contributed by atoms with Crippen LogP contribution in [0.3, 0.4) is 0 Å². The zero-order chi connectivity index (χ0) is 4.83. The van der Waals surface area contributed by atoms with Crippen LogP contribution in [-0.4, -0.2) is 28.9 Å². The van der Waals surface area contributed by atoms with Crippen LogP contribution in [0.15, 0.2) is 0 Å². The zero-order valence-electron chi connectivity index (χ0n) is 4.58. The van der Waals surface area contributed by atoms with Gasteiger partial charge in [-0.3, -0.25) is 0 Å². The molecule has 0 radical (unpaired) electrons. The normalized spacial score (nSPS) is 5.50. The van der Waals surface area contributed by atoms with Crippen LogP contribution < -0.4 is 24.0 Å². The molecule has 0 heterocycles. The minimum atomic E-state index is 0. The summed E-state index contributed by atoms with van der Waals surface area (Å²) < 4.78 is 0. The van der Waals surface area contributed by atoms with E-state index in [1.54, 1.807) is 0 Å². The van der Waals surface area contributed by atoms with Gasteiger partial charge in [0, 0.05) is 5.88 Å². The molecule has 0 saturated heterocycles. The van der Waals surface area contributed by atoms with Gasteiger partial charge >= 0.3 is 23.1 Å². The molecular weight excluding hydrogens is 247 g/mol. The summed E-state index contributed by atoms with van der Waals surface area (Å²) in [5, 5.41) is 0. The maximum absolute atomic E-state index is 6.40. The van der Waals surface area contributed by atoms with E-state index in [1.165, 1.54) is 0 Å². The average molecular weight is 253 g/mol. The molecule has 0 aliphatic carbocycles. The molecule has 0 aromatic heterocycles. The van der Waals surface area contributed by atoms with Crippen molar-refractivity contribution in [1.29, 1.82) is 0 Å². The molecule has 0 aliphatic heterocycles. The maximum Gasteiger partial charge on any atom is 2.00 e. The van der Waals surface area contributed by atoms with Crippen molar-refractivity contribution in [2.24, 2.45) is 0 Å². The maximum atomic E-state index is 6.40. The topological polar surface area (TPSA) is 0 Å². The van der Waals surface area contributed by atoms with Gasteiger partial charge in [-0.2, -0.15) is 0 Å². The number of alkyl halides is 1. The first kappa shape index (κ1) is 16.2. The van der Waals surface area contributed by atoms with Gasteiger partial charge in [0.05, 0.1) is 0 Å². The van der Waals surface area contributed by atoms with Gasteiger partial charge in [0.2, 0.25) is 0 Å². The molecular formula is C5H6ClIMg. The first-order valence-corrected chi connectivity index (χ1v) is 2.41. The Kier molecular flexibility index (Phi) is 31.8. The number of unbranched alkanes of at least 4 members (excludes halogenated alkanes) is 1. The molecule has 42 valence electrons. The Hall–Kier alpha value is 1.35. The Labute approximate surface area is 88.9 Å². The van der Waals surface area contributed by atoms with E-state index < -0.39 is 0 Å². The van der Waals surface area contributed by atoms with Crippen LogP contribution >= 0.6 is 11.6 Å². The third-order valence-electron chi connectivity index (χ3n) is 0.435. The zero-order valence-corrected chi connectivity index (χ0v) is 8.91. The summed E-state index contributed by atoms with van der Waals surface area (Å²) in [5.74, 6) is 2.88. The van der Waals surface area contributed by atoms with Crippen LogP contribution in [0, 0.1) is 12.3 Å². The molecule has 0 bridgehead atoms. The van der Waals surface area contributed by atoms with Crippen molar-refractivity contribution < 1.29 is 24.0 Å². The number of hydrogen-bond acceptors (Lipinski definition) is 0. The van der Waals surface area contributed by atoms with E-state index in [9.17, 15) is 0 Å². The smallest absolute Gasteiger partial charge is 1.00 e. The van der Waals surface area contributed by atoms with Crippen molar-refractivity contribution in [3.8, 4) is 5.92 Å². The summed E-state index contributed by atoms with van der Waals surface area (Å²) in [6.07, 6.45) is 7.98. The fourth-order valence-electron chi connectivity index (χ4n) is 0.155. The molecule has 0 aliphatic rings. The van der Waals surface area contributed by atoms with Gasteiger partial charge in [-0.05, 0) is 12.8 Å². The standard InChI is InChI=1S/C5H6Cl.HI.Mg/c1-2-3-4-5-6;;/h3-5H2;1H;/q-1;;+2/p-1. The number of halogens is 2. The van der Waals surface area contributed by atoms with Crippen LogP contribution in [0.25, 0.3) is 0 Å². The van der Waals surface area contributed by atoms with Gasteiger partial charge in [0.15, 0.2) is 0 Å². The Balaban J connectivity index is -0.000000125. The second-order valence-corrected chi connectivity index (χ2v) is 1.35. The summed E-state index contributed by atoms with van der Waals surface area (Å²) in [5.41, 5.74) is 0. The minimum Gasteiger partial charge on any atom is -1.00 e. The SMILES string of the molecule is [C-]#CCCCCl.[I-].[Mg+2]. The van der Waals surface area contributed by atoms with Crippen molar-refractivity contribution in [3.63, 3.8) is 0 Å². The molecule has 0 unspecified atom stereocenters. The van der Waals surface area contributed by atoms with Crippen molar-refractivity contribution in [2.75, 3.05) is 5.88 Å². The molecule has 0 atom stereocenters. The molecule has 0 aromatic rings. The minimum absolute atomic E-state index is 0. The van der Waals surface area contributed by atoms with Crippen LogP contribution in [-0.2, 0) is 0 Å². The first-order valence-electron chi connectivity index (χ1n) is 1.87. The molecule has 0 aromatic carbocycles. The van der Waals surface area contributed by atoms with E-state index in [-0.39, 0.29) is 47.0 Å². The Morgan fingerprint density at radius 3 is 2.12 bits per heavy atom. The molecule has 0 nitrogen and oxygen atoms in total. The summed E-state index contributed by atoms with van der Waals surface area (Å²) in [4.78, 5) is 0. The Morgan fingerprint density at radius 1 is 1.50 bits per heavy atom. The number of rotatable bonds is 2. The second kappa shape index (κ2) is 15.8. The van der Waals surface area contributed by atoms with Crippen LogP contribution in [0.1, 0.15) is 12.8 Å². The Bertz CT molecular complexity index is 59.9. The molecule has 0 amide bonds. The van der Waals surface area contributed by atoms with Crippen molar-refractivity contribution in [2.45, 2.75) is 12.8 Å². The van der Waals surface area contributed by atoms with Crippen LogP contribution in [0.5, 0.6) is 0 Å². The van der Waals surface area contributed by atoms with Crippen LogP contribution in [0.2, 0.25) is 0 Å². The van der Waals surface area contributed by atoms with Gasteiger partial charge in [-0.15, -0.1) is 11.6 Å². The summed E-state index contributed by atoms with van der Waals surface area (Å²) in [7, 11) is 0. The quantitative estimate of drug-likeness (QED) is 0.136. The average Bonchev–Trinajstić information content (AvgIpc) is 1.61. The fourth-order valence-corrected chi connectivity index (χ4v) is 0.289. The third kappa shape index (κ3) is 15.7. The monoisotopic (exact) mass is 252 g/mol. The molecule has 3 heteroatoms. The summed E-state index contributed by atoms with van der Waals surface area (Å²) in [6, 6.07) is 0. The van der Waals surface area contributed by atoms with E-state index in [1.807, 2.05) is 0 Å². The summed E-state index contributed by atoms with van der Waals surface area (Å²) >= 11 is 5.26. The van der Waals surface area contributed by atoms with Gasteiger partial charge in [-0.1, -0.05) is 0 Å². The Morgan fingerprint density at radius 2 is 2.00 bits per heavy atom. The number of hydrogen-bond donors (Lipinski definition) is 0. The van der Waals surface area contributed by atoms with Crippen LogP contribution in [0.4, 0.5) is 0 Å². The van der Waals surface area contributed by atoms with Crippen molar-refractivity contribution in [1.82, 2.24) is 0 Å². The third-order valence-corrected chi connectivity index (χ3v) is 0.703. The molecule has 0 rings (SSSR count). The first-order chi connectivity index (χ1) is 2.91. The van der Waals surface area contributed by atoms with Gasteiger partial charge in [-0.25, -0.2) is 0 Å². The van der Waals surface area contributed by atoms with Gasteiger partial charge < -0.3 is 36.3 Å². The molecule has 0 N–H and O–H groups in total. The predicted molar refractivity (Wildman–Crippen MR) is 32.8 cm³/mol. The second-order valence-electron chi connectivity index (χ2n) is 0.969. The fraction of sp³-hybridized carbons (Fsp3) is 0.600.